The van der Waals surface area contributed by atoms with Gasteiger partial charge in [0, 0.05) is 30.7 Å². The summed E-state index contributed by atoms with van der Waals surface area (Å²) in [6.45, 7) is -0.651. The third kappa shape index (κ3) is 4.75. The molecular weight excluding hydrogens is 337 g/mol. The van der Waals surface area contributed by atoms with E-state index in [0.29, 0.717) is 24.6 Å². The van der Waals surface area contributed by atoms with Crippen molar-refractivity contribution in [3.8, 4) is 5.75 Å². The molecular formula is C13H13F3N2O4S. The zero-order chi connectivity index (χ0) is 17.0. The number of ether oxygens (including phenoxy) is 1. The molecule has 1 saturated heterocycles. The number of hydrogen-bond acceptors (Lipinski definition) is 5. The fourth-order valence-electron chi connectivity index (χ4n) is 2.04. The predicted octanol–water partition coefficient (Wildman–Crippen LogP) is 2.72. The van der Waals surface area contributed by atoms with Gasteiger partial charge in [0.2, 0.25) is 0 Å². The minimum Gasteiger partial charge on any atom is -0.484 e. The largest absolute Gasteiger partial charge is 0.484 e. The third-order valence-electron chi connectivity index (χ3n) is 3.10. The highest BCUT2D eigenvalue weighted by Gasteiger charge is 2.30. The molecule has 1 aromatic rings. The summed E-state index contributed by atoms with van der Waals surface area (Å²) in [4.78, 5) is 24.2. The molecule has 2 rings (SSSR count). The molecule has 6 nitrogen and oxygen atoms in total. The number of carbonyl (C=O) groups is 1. The fourth-order valence-corrected chi connectivity index (χ4v) is 2.94. The molecule has 0 N–H and O–H groups in total. The van der Waals surface area contributed by atoms with Gasteiger partial charge in [-0.05, 0) is 12.1 Å². The maximum atomic E-state index is 12.4. The van der Waals surface area contributed by atoms with Gasteiger partial charge in [-0.2, -0.15) is 24.9 Å². The fraction of sp³-hybridized carbons (Fsp3) is 0.462. The lowest BCUT2D eigenvalue weighted by molar-refractivity contribution is -0.385. The summed E-state index contributed by atoms with van der Waals surface area (Å²) < 4.78 is 41.1. The Hall–Kier alpha value is -1.97. The number of nitro benzene ring substituents is 1. The zero-order valence-electron chi connectivity index (χ0n) is 11.8. The van der Waals surface area contributed by atoms with Crippen LogP contribution in [0.25, 0.3) is 0 Å². The van der Waals surface area contributed by atoms with Gasteiger partial charge < -0.3 is 9.64 Å². The molecule has 0 saturated carbocycles. The second-order valence-corrected chi connectivity index (χ2v) is 5.97. The first-order chi connectivity index (χ1) is 10.8. The van der Waals surface area contributed by atoms with Crippen molar-refractivity contribution in [1.82, 2.24) is 4.90 Å². The van der Waals surface area contributed by atoms with Crippen LogP contribution in [0.4, 0.5) is 18.9 Å². The number of hydrogen-bond donors (Lipinski definition) is 0. The first kappa shape index (κ1) is 17.4. The number of alkyl halides is 3. The van der Waals surface area contributed by atoms with Crippen LogP contribution in [0.5, 0.6) is 5.75 Å². The van der Waals surface area contributed by atoms with E-state index in [1.54, 1.807) is 11.8 Å². The van der Waals surface area contributed by atoms with Crippen molar-refractivity contribution < 1.29 is 27.6 Å². The van der Waals surface area contributed by atoms with Crippen LogP contribution in [0.3, 0.4) is 0 Å². The Kier molecular flexibility index (Phi) is 5.34. The lowest BCUT2D eigenvalue weighted by atomic mass is 10.1. The molecule has 1 amide bonds. The van der Waals surface area contributed by atoms with Crippen molar-refractivity contribution >= 4 is 23.4 Å². The second kappa shape index (κ2) is 7.07. The van der Waals surface area contributed by atoms with Crippen molar-refractivity contribution in [2.75, 3.05) is 31.2 Å². The number of halogens is 3. The van der Waals surface area contributed by atoms with Gasteiger partial charge >= 0.3 is 6.18 Å². The summed E-state index contributed by atoms with van der Waals surface area (Å²) in [5.74, 6) is 0.616. The summed E-state index contributed by atoms with van der Waals surface area (Å²) in [5.41, 5.74) is -0.714. The van der Waals surface area contributed by atoms with Crippen molar-refractivity contribution in [3.63, 3.8) is 0 Å². The van der Waals surface area contributed by atoms with E-state index in [2.05, 4.69) is 4.74 Å². The predicted molar refractivity (Wildman–Crippen MR) is 77.9 cm³/mol. The average molecular weight is 350 g/mol. The molecule has 0 aliphatic carbocycles. The molecule has 0 atom stereocenters. The van der Waals surface area contributed by atoms with Crippen LogP contribution in [-0.2, 0) is 0 Å². The number of thioether (sulfide) groups is 1. The first-order valence-electron chi connectivity index (χ1n) is 6.63. The molecule has 0 unspecified atom stereocenters. The van der Waals surface area contributed by atoms with E-state index in [1.165, 1.54) is 4.90 Å². The molecule has 0 radical (unpaired) electrons. The van der Waals surface area contributed by atoms with Crippen molar-refractivity contribution in [3.05, 3.63) is 33.9 Å². The van der Waals surface area contributed by atoms with Crippen molar-refractivity contribution in [2.24, 2.45) is 0 Å². The number of nitro groups is 1. The van der Waals surface area contributed by atoms with Gasteiger partial charge in [-0.3, -0.25) is 14.9 Å². The van der Waals surface area contributed by atoms with Gasteiger partial charge in [-0.1, -0.05) is 0 Å². The van der Waals surface area contributed by atoms with Gasteiger partial charge in [0.25, 0.3) is 11.6 Å². The van der Waals surface area contributed by atoms with E-state index in [-0.39, 0.29) is 11.3 Å². The molecule has 1 aliphatic heterocycles. The molecule has 1 aromatic carbocycles. The van der Waals surface area contributed by atoms with Crippen LogP contribution >= 0.6 is 11.8 Å². The van der Waals surface area contributed by atoms with Crippen LogP contribution < -0.4 is 4.74 Å². The number of carbonyl (C=O) groups excluding carboxylic acids is 1. The highest BCUT2D eigenvalue weighted by atomic mass is 32.2. The summed E-state index contributed by atoms with van der Waals surface area (Å²) >= 11 is 1.66. The van der Waals surface area contributed by atoms with Crippen LogP contribution in [-0.4, -0.2) is 53.1 Å². The quantitative estimate of drug-likeness (QED) is 0.617. The summed E-state index contributed by atoms with van der Waals surface area (Å²) in [5, 5.41) is 11.0. The Morgan fingerprint density at radius 2 is 2.00 bits per heavy atom. The Morgan fingerprint density at radius 1 is 1.35 bits per heavy atom. The first-order valence-corrected chi connectivity index (χ1v) is 7.78. The highest BCUT2D eigenvalue weighted by Crippen LogP contribution is 2.27. The van der Waals surface area contributed by atoms with E-state index in [1.807, 2.05) is 0 Å². The summed E-state index contributed by atoms with van der Waals surface area (Å²) in [6.07, 6.45) is -4.53. The Morgan fingerprint density at radius 3 is 2.57 bits per heavy atom. The highest BCUT2D eigenvalue weighted by molar-refractivity contribution is 7.99. The maximum Gasteiger partial charge on any atom is 0.422 e. The Labute approximate surface area is 133 Å². The van der Waals surface area contributed by atoms with E-state index < -0.39 is 29.3 Å². The molecule has 23 heavy (non-hydrogen) atoms. The van der Waals surface area contributed by atoms with Crippen LogP contribution in [0.1, 0.15) is 10.4 Å². The van der Waals surface area contributed by atoms with E-state index in [0.717, 1.165) is 18.2 Å². The minimum absolute atomic E-state index is 0.234. The van der Waals surface area contributed by atoms with E-state index in [4.69, 9.17) is 0 Å². The number of benzene rings is 1. The van der Waals surface area contributed by atoms with Gasteiger partial charge in [0.15, 0.2) is 6.61 Å². The minimum atomic E-state index is -4.53. The number of amides is 1. The monoisotopic (exact) mass is 350 g/mol. The number of rotatable bonds is 4. The molecule has 0 aromatic heterocycles. The van der Waals surface area contributed by atoms with Crippen LogP contribution in [0, 0.1) is 10.1 Å². The molecule has 126 valence electrons. The molecule has 1 heterocycles. The van der Waals surface area contributed by atoms with Gasteiger partial charge in [0.05, 0.1) is 4.92 Å². The Bertz CT molecular complexity index is 603. The normalized spacial score (nSPS) is 15.3. The summed E-state index contributed by atoms with van der Waals surface area (Å²) in [7, 11) is 0. The molecule has 0 spiro atoms. The van der Waals surface area contributed by atoms with Crippen LogP contribution in [0.15, 0.2) is 18.2 Å². The topological polar surface area (TPSA) is 72.7 Å². The third-order valence-corrected chi connectivity index (χ3v) is 4.04. The lowest BCUT2D eigenvalue weighted by Gasteiger charge is -2.26. The Balaban J connectivity index is 2.26. The summed E-state index contributed by atoms with van der Waals surface area (Å²) in [6, 6.07) is 3.03. The standard InChI is InChI=1S/C13H13F3N2O4S/c14-13(15,16)8-22-9-1-2-11(18(20)21)10(7-9)12(19)17-3-5-23-6-4-17/h1-2,7H,3-6,8H2. The van der Waals surface area contributed by atoms with E-state index >= 15 is 0 Å². The van der Waals surface area contributed by atoms with Gasteiger partial charge in [-0.15, -0.1) is 0 Å². The van der Waals surface area contributed by atoms with Crippen molar-refractivity contribution in [1.29, 1.82) is 0 Å². The smallest absolute Gasteiger partial charge is 0.422 e. The van der Waals surface area contributed by atoms with Crippen LogP contribution in [0.2, 0.25) is 0 Å². The molecule has 1 aliphatic rings. The van der Waals surface area contributed by atoms with Crippen molar-refractivity contribution in [2.45, 2.75) is 6.18 Å². The number of nitrogens with zero attached hydrogens (tertiary/aromatic N) is 2. The average Bonchev–Trinajstić information content (AvgIpc) is 2.52. The van der Waals surface area contributed by atoms with E-state index in [9.17, 15) is 28.1 Å². The lowest BCUT2D eigenvalue weighted by Crippen LogP contribution is -2.38. The van der Waals surface area contributed by atoms with Gasteiger partial charge in [0.1, 0.15) is 11.3 Å². The maximum absolute atomic E-state index is 12.4. The van der Waals surface area contributed by atoms with Gasteiger partial charge in [-0.25, -0.2) is 0 Å². The zero-order valence-corrected chi connectivity index (χ0v) is 12.7. The molecule has 0 bridgehead atoms. The molecule has 10 heteroatoms. The molecule has 1 fully saturated rings. The SMILES string of the molecule is O=C(c1cc(OCC(F)(F)F)ccc1[N+](=O)[O-])N1CCSCC1. The second-order valence-electron chi connectivity index (χ2n) is 4.74.